The number of nitrogens with zero attached hydrogens (tertiary/aromatic N) is 3. The highest BCUT2D eigenvalue weighted by Gasteiger charge is 2.37. The van der Waals surface area contributed by atoms with Gasteiger partial charge in [0.25, 0.3) is 0 Å². The first-order valence-electron chi connectivity index (χ1n) is 9.25. The molecule has 0 unspecified atom stereocenters. The monoisotopic (exact) mass is 394 g/mol. The molecule has 146 valence electrons. The van der Waals surface area contributed by atoms with Crippen LogP contribution >= 0.6 is 11.3 Å². The molecule has 1 aliphatic heterocycles. The van der Waals surface area contributed by atoms with Gasteiger partial charge in [0.05, 0.1) is 5.60 Å². The fourth-order valence-electron chi connectivity index (χ4n) is 3.71. The SMILES string of the molecule is Cc1csc(-c2cc(N3CC(C)(O)C3)cc(NC3CCC(F)(F)CC3)n2)n1. The Hall–Kier alpha value is -1.80. The maximum Gasteiger partial charge on any atom is 0.248 e. The van der Waals surface area contributed by atoms with Crippen LogP contribution in [0.1, 0.15) is 38.3 Å². The Labute approximate surface area is 161 Å². The average Bonchev–Trinajstić information content (AvgIpc) is 3.01. The molecule has 2 aromatic heterocycles. The third-order valence-corrected chi connectivity index (χ3v) is 6.13. The van der Waals surface area contributed by atoms with Gasteiger partial charge in [0, 0.05) is 54.8 Å². The fourth-order valence-corrected chi connectivity index (χ4v) is 4.46. The quantitative estimate of drug-likeness (QED) is 0.818. The number of alkyl halides is 2. The minimum Gasteiger partial charge on any atom is -0.386 e. The zero-order valence-corrected chi connectivity index (χ0v) is 16.3. The van der Waals surface area contributed by atoms with Gasteiger partial charge in [-0.15, -0.1) is 11.3 Å². The molecule has 1 saturated heterocycles. The summed E-state index contributed by atoms with van der Waals surface area (Å²) in [5.41, 5.74) is 1.99. The first-order chi connectivity index (χ1) is 12.7. The molecule has 2 fully saturated rings. The Kier molecular flexibility index (Phi) is 4.58. The van der Waals surface area contributed by atoms with Gasteiger partial charge >= 0.3 is 0 Å². The summed E-state index contributed by atoms with van der Waals surface area (Å²) in [5, 5.41) is 16.2. The predicted molar refractivity (Wildman–Crippen MR) is 104 cm³/mol. The lowest BCUT2D eigenvalue weighted by molar-refractivity contribution is -0.0361. The molecule has 4 rings (SSSR count). The van der Waals surface area contributed by atoms with Crippen molar-refractivity contribution >= 4 is 22.8 Å². The molecule has 27 heavy (non-hydrogen) atoms. The molecule has 5 nitrogen and oxygen atoms in total. The smallest absolute Gasteiger partial charge is 0.248 e. The van der Waals surface area contributed by atoms with Gasteiger partial charge in [0.15, 0.2) is 0 Å². The number of hydrogen-bond donors (Lipinski definition) is 2. The minimum absolute atomic E-state index is 0.00208. The lowest BCUT2D eigenvalue weighted by Gasteiger charge is -2.45. The molecular weight excluding hydrogens is 370 g/mol. The molecule has 0 spiro atoms. The van der Waals surface area contributed by atoms with Crippen molar-refractivity contribution in [2.45, 2.75) is 57.1 Å². The molecule has 0 bridgehead atoms. The average molecular weight is 394 g/mol. The Morgan fingerprint density at radius 3 is 2.52 bits per heavy atom. The number of rotatable bonds is 4. The zero-order valence-electron chi connectivity index (χ0n) is 15.5. The third kappa shape index (κ3) is 4.21. The summed E-state index contributed by atoms with van der Waals surface area (Å²) in [5.74, 6) is -1.86. The first-order valence-corrected chi connectivity index (χ1v) is 10.1. The van der Waals surface area contributed by atoms with Gasteiger partial charge in [-0.25, -0.2) is 18.7 Å². The minimum atomic E-state index is -2.54. The molecule has 8 heteroatoms. The number of aryl methyl sites for hydroxylation is 1. The van der Waals surface area contributed by atoms with Crippen molar-refractivity contribution < 1.29 is 13.9 Å². The van der Waals surface area contributed by atoms with Gasteiger partial charge in [-0.05, 0) is 32.8 Å². The van der Waals surface area contributed by atoms with E-state index in [0.717, 1.165) is 22.1 Å². The van der Waals surface area contributed by atoms with Gasteiger partial charge in [0.2, 0.25) is 5.92 Å². The number of anilines is 2. The Morgan fingerprint density at radius 1 is 1.22 bits per heavy atom. The number of aromatic nitrogens is 2. The van der Waals surface area contributed by atoms with E-state index < -0.39 is 11.5 Å². The Morgan fingerprint density at radius 2 is 1.93 bits per heavy atom. The molecule has 1 saturated carbocycles. The molecule has 1 aliphatic carbocycles. The van der Waals surface area contributed by atoms with E-state index in [4.69, 9.17) is 0 Å². The zero-order chi connectivity index (χ0) is 19.2. The highest BCUT2D eigenvalue weighted by molar-refractivity contribution is 7.13. The van der Waals surface area contributed by atoms with E-state index in [2.05, 4.69) is 20.2 Å². The number of hydrogen-bond acceptors (Lipinski definition) is 6. The van der Waals surface area contributed by atoms with Crippen molar-refractivity contribution in [2.75, 3.05) is 23.3 Å². The van der Waals surface area contributed by atoms with Crippen molar-refractivity contribution in [3.63, 3.8) is 0 Å². The lowest BCUT2D eigenvalue weighted by Crippen LogP contribution is -2.60. The molecule has 2 aromatic rings. The molecule has 0 amide bonds. The standard InChI is InChI=1S/C19H24F2N4OS/c1-12-9-27-17(22-12)15-7-14(25-10-18(2,26)11-25)8-16(24-15)23-13-3-5-19(20,21)6-4-13/h7-9,13,26H,3-6,10-11H2,1-2H3,(H,23,24). The van der Waals surface area contributed by atoms with Crippen LogP contribution < -0.4 is 10.2 Å². The van der Waals surface area contributed by atoms with Gasteiger partial charge in [0.1, 0.15) is 16.5 Å². The Bertz CT molecular complexity index is 821. The lowest BCUT2D eigenvalue weighted by atomic mass is 9.92. The van der Waals surface area contributed by atoms with E-state index in [-0.39, 0.29) is 18.9 Å². The Balaban J connectivity index is 1.58. The number of thiazole rings is 1. The summed E-state index contributed by atoms with van der Waals surface area (Å²) in [7, 11) is 0. The predicted octanol–water partition coefficient (Wildman–Crippen LogP) is 4.07. The molecular formula is C19H24F2N4OS. The number of aliphatic hydroxyl groups is 1. The summed E-state index contributed by atoms with van der Waals surface area (Å²) in [6.07, 6.45) is 0.696. The molecule has 0 atom stereocenters. The molecule has 3 heterocycles. The molecule has 2 aliphatic rings. The van der Waals surface area contributed by atoms with Crippen LogP contribution in [-0.4, -0.2) is 45.7 Å². The van der Waals surface area contributed by atoms with E-state index in [1.54, 1.807) is 0 Å². The maximum absolute atomic E-state index is 13.4. The second kappa shape index (κ2) is 6.67. The van der Waals surface area contributed by atoms with Crippen molar-refractivity contribution in [2.24, 2.45) is 0 Å². The van der Waals surface area contributed by atoms with E-state index in [0.29, 0.717) is 31.7 Å². The highest BCUT2D eigenvalue weighted by Crippen LogP contribution is 2.36. The van der Waals surface area contributed by atoms with Gasteiger partial charge in [-0.3, -0.25) is 0 Å². The number of β-amino-alcohol motifs (C(OH)–C–C–N with tert-alkyl or cyclic N) is 1. The largest absolute Gasteiger partial charge is 0.386 e. The van der Waals surface area contributed by atoms with Gasteiger partial charge in [-0.2, -0.15) is 0 Å². The van der Waals surface area contributed by atoms with Crippen LogP contribution in [0, 0.1) is 6.92 Å². The van der Waals surface area contributed by atoms with Crippen molar-refractivity contribution in [3.05, 3.63) is 23.2 Å². The summed E-state index contributed by atoms with van der Waals surface area (Å²) >= 11 is 1.53. The van der Waals surface area contributed by atoms with Crippen LogP contribution in [0.25, 0.3) is 10.7 Å². The maximum atomic E-state index is 13.4. The van der Waals surface area contributed by atoms with Crippen molar-refractivity contribution in [1.82, 2.24) is 9.97 Å². The number of pyridine rings is 1. The van der Waals surface area contributed by atoms with E-state index in [1.807, 2.05) is 31.4 Å². The summed E-state index contributed by atoms with van der Waals surface area (Å²) in [6, 6.07) is 3.91. The van der Waals surface area contributed by atoms with Crippen molar-refractivity contribution in [1.29, 1.82) is 0 Å². The third-order valence-electron chi connectivity index (χ3n) is 5.15. The van der Waals surface area contributed by atoms with Crippen molar-refractivity contribution in [3.8, 4) is 10.7 Å². The van der Waals surface area contributed by atoms with Crippen LogP contribution in [0.4, 0.5) is 20.3 Å². The van der Waals surface area contributed by atoms with Gasteiger partial charge in [-0.1, -0.05) is 0 Å². The summed E-state index contributed by atoms with van der Waals surface area (Å²) in [4.78, 5) is 11.3. The van der Waals surface area contributed by atoms with Crippen LogP contribution in [0.5, 0.6) is 0 Å². The van der Waals surface area contributed by atoms with Gasteiger partial charge < -0.3 is 15.3 Å². The van der Waals surface area contributed by atoms with Crippen LogP contribution in [-0.2, 0) is 0 Å². The fraction of sp³-hybridized carbons (Fsp3) is 0.579. The van der Waals surface area contributed by atoms with Crippen LogP contribution in [0.15, 0.2) is 17.5 Å². The molecule has 0 aromatic carbocycles. The normalized spacial score (nSPS) is 21.7. The number of nitrogens with one attached hydrogen (secondary N) is 1. The van der Waals surface area contributed by atoms with E-state index >= 15 is 0 Å². The van der Waals surface area contributed by atoms with E-state index in [1.165, 1.54) is 11.3 Å². The van der Waals surface area contributed by atoms with Crippen LogP contribution in [0.2, 0.25) is 0 Å². The summed E-state index contributed by atoms with van der Waals surface area (Å²) in [6.45, 7) is 4.87. The highest BCUT2D eigenvalue weighted by atomic mass is 32.1. The summed E-state index contributed by atoms with van der Waals surface area (Å²) < 4.78 is 26.8. The molecule has 0 radical (unpaired) electrons. The first kappa shape index (κ1) is 18.6. The number of halogens is 2. The second-order valence-corrected chi connectivity index (χ2v) is 8.88. The molecule has 2 N–H and O–H groups in total. The second-order valence-electron chi connectivity index (χ2n) is 8.02. The van der Waals surface area contributed by atoms with E-state index in [9.17, 15) is 13.9 Å². The topological polar surface area (TPSA) is 61.3 Å². The van der Waals surface area contributed by atoms with Crippen LogP contribution in [0.3, 0.4) is 0 Å².